The van der Waals surface area contributed by atoms with Gasteiger partial charge in [0, 0.05) is 6.04 Å². The molecule has 1 aromatic rings. The van der Waals surface area contributed by atoms with Gasteiger partial charge in [0.25, 0.3) is 0 Å². The molecule has 0 aliphatic heterocycles. The molecule has 2 fully saturated rings. The maximum Gasteiger partial charge on any atom is 0.313 e. The van der Waals surface area contributed by atoms with Crippen molar-refractivity contribution in [2.75, 3.05) is 7.11 Å². The maximum absolute atomic E-state index is 12.6. The van der Waals surface area contributed by atoms with Crippen molar-refractivity contribution >= 4 is 38.9 Å². The van der Waals surface area contributed by atoms with Crippen molar-refractivity contribution in [1.82, 2.24) is 4.72 Å². The van der Waals surface area contributed by atoms with E-state index in [2.05, 4.69) is 4.72 Å². The van der Waals surface area contributed by atoms with Crippen LogP contribution in [0.15, 0.2) is 16.3 Å². The molecule has 3 unspecified atom stereocenters. The summed E-state index contributed by atoms with van der Waals surface area (Å²) in [7, 11) is -2.30. The molecule has 5 nitrogen and oxygen atoms in total. The Morgan fingerprint density at radius 2 is 2.18 bits per heavy atom. The second-order valence-electron chi connectivity index (χ2n) is 6.00. The number of thiophene rings is 1. The Bertz CT molecular complexity index is 683. The monoisotopic (exact) mass is 363 g/mol. The average molecular weight is 364 g/mol. The van der Waals surface area contributed by atoms with E-state index in [0.717, 1.165) is 30.6 Å². The minimum atomic E-state index is -3.67. The fourth-order valence-corrected chi connectivity index (χ4v) is 6.78. The van der Waals surface area contributed by atoms with Crippen LogP contribution in [0.5, 0.6) is 0 Å². The van der Waals surface area contributed by atoms with Gasteiger partial charge in [0.05, 0.1) is 16.9 Å². The molecule has 0 aromatic carbocycles. The SMILES string of the molecule is COC(=O)C12CCCC(CC1)C2NS(=O)(=O)c1ccc(Cl)s1. The van der Waals surface area contributed by atoms with Gasteiger partial charge in [-0.2, -0.15) is 0 Å². The number of hydrogen-bond donors (Lipinski definition) is 1. The molecule has 2 aliphatic carbocycles. The summed E-state index contributed by atoms with van der Waals surface area (Å²) in [4.78, 5) is 12.3. The van der Waals surface area contributed by atoms with Crippen LogP contribution in [-0.4, -0.2) is 27.5 Å². The van der Waals surface area contributed by atoms with Crippen LogP contribution in [-0.2, 0) is 19.6 Å². The summed E-state index contributed by atoms with van der Waals surface area (Å²) in [5.74, 6) is -0.107. The minimum absolute atomic E-state index is 0.183. The van der Waals surface area contributed by atoms with E-state index >= 15 is 0 Å². The number of esters is 1. The molecule has 2 saturated carbocycles. The summed E-state index contributed by atoms with van der Waals surface area (Å²) in [6.45, 7) is 0. The highest BCUT2D eigenvalue weighted by atomic mass is 35.5. The third-order valence-electron chi connectivity index (χ3n) is 4.91. The lowest BCUT2D eigenvalue weighted by Gasteiger charge is -2.38. The first-order valence-electron chi connectivity index (χ1n) is 7.25. The van der Waals surface area contributed by atoms with Crippen LogP contribution in [0.25, 0.3) is 0 Å². The van der Waals surface area contributed by atoms with Crippen molar-refractivity contribution in [2.45, 2.75) is 42.4 Å². The average Bonchev–Trinajstić information content (AvgIpc) is 2.98. The van der Waals surface area contributed by atoms with Crippen LogP contribution in [0.3, 0.4) is 0 Å². The standard InChI is InChI=1S/C14H18ClNO4S2/c1-20-13(17)14-7-2-3-9(6-8-14)12(14)16-22(18,19)11-5-4-10(15)21-11/h4-5,9,12,16H,2-3,6-8H2,1H3. The molecular formula is C14H18ClNO4S2. The molecule has 0 radical (unpaired) electrons. The number of halogens is 1. The number of rotatable bonds is 4. The van der Waals surface area contributed by atoms with E-state index in [1.165, 1.54) is 13.2 Å². The van der Waals surface area contributed by atoms with Gasteiger partial charge in [-0.1, -0.05) is 18.0 Å². The lowest BCUT2D eigenvalue weighted by molar-refractivity contribution is -0.155. The molecule has 22 heavy (non-hydrogen) atoms. The maximum atomic E-state index is 12.6. The smallest absolute Gasteiger partial charge is 0.313 e. The zero-order chi connectivity index (χ0) is 16.0. The fraction of sp³-hybridized carbons (Fsp3) is 0.643. The van der Waals surface area contributed by atoms with Gasteiger partial charge < -0.3 is 4.74 Å². The van der Waals surface area contributed by atoms with E-state index in [1.54, 1.807) is 6.07 Å². The minimum Gasteiger partial charge on any atom is -0.469 e. The van der Waals surface area contributed by atoms with Crippen molar-refractivity contribution in [3.05, 3.63) is 16.5 Å². The van der Waals surface area contributed by atoms with Crippen LogP contribution in [0, 0.1) is 11.3 Å². The summed E-state index contributed by atoms with van der Waals surface area (Å²) in [5.41, 5.74) is -0.716. The van der Waals surface area contributed by atoms with E-state index in [0.29, 0.717) is 17.2 Å². The Morgan fingerprint density at radius 3 is 2.82 bits per heavy atom. The molecule has 3 atom stereocenters. The summed E-state index contributed by atoms with van der Waals surface area (Å²) < 4.78 is 33.5. The number of nitrogens with one attached hydrogen (secondary N) is 1. The molecule has 2 bridgehead atoms. The van der Waals surface area contributed by atoms with Gasteiger partial charge in [0.2, 0.25) is 10.0 Å². The van der Waals surface area contributed by atoms with Gasteiger partial charge in [-0.25, -0.2) is 13.1 Å². The van der Waals surface area contributed by atoms with Crippen LogP contribution >= 0.6 is 22.9 Å². The molecule has 2 aliphatic rings. The van der Waals surface area contributed by atoms with E-state index in [-0.39, 0.29) is 22.1 Å². The van der Waals surface area contributed by atoms with Gasteiger partial charge in [-0.05, 0) is 43.7 Å². The summed E-state index contributed by atoms with van der Waals surface area (Å²) in [6.07, 6.45) is 4.09. The Labute approximate surface area is 139 Å². The first-order valence-corrected chi connectivity index (χ1v) is 9.93. The Balaban J connectivity index is 1.91. The first kappa shape index (κ1) is 16.2. The van der Waals surface area contributed by atoms with E-state index < -0.39 is 15.4 Å². The lowest BCUT2D eigenvalue weighted by atomic mass is 9.72. The Hall–Kier alpha value is -0.630. The predicted molar refractivity (Wildman–Crippen MR) is 84.5 cm³/mol. The number of carbonyl (C=O) groups excluding carboxylic acids is 1. The summed E-state index contributed by atoms with van der Waals surface area (Å²) >= 11 is 6.85. The zero-order valence-electron chi connectivity index (χ0n) is 12.2. The fourth-order valence-electron chi connectivity index (χ4n) is 3.90. The number of carbonyl (C=O) groups is 1. The van der Waals surface area contributed by atoms with E-state index in [9.17, 15) is 13.2 Å². The Morgan fingerprint density at radius 1 is 1.41 bits per heavy atom. The molecule has 1 heterocycles. The third kappa shape index (κ3) is 2.58. The molecule has 122 valence electrons. The largest absolute Gasteiger partial charge is 0.469 e. The van der Waals surface area contributed by atoms with Crippen molar-refractivity contribution in [3.63, 3.8) is 0 Å². The highest BCUT2D eigenvalue weighted by Crippen LogP contribution is 2.52. The van der Waals surface area contributed by atoms with Crippen LogP contribution in [0.2, 0.25) is 4.34 Å². The van der Waals surface area contributed by atoms with Crippen molar-refractivity contribution < 1.29 is 17.9 Å². The highest BCUT2D eigenvalue weighted by molar-refractivity contribution is 7.91. The predicted octanol–water partition coefficient (Wildman–Crippen LogP) is 2.80. The zero-order valence-corrected chi connectivity index (χ0v) is 14.6. The Kier molecular flexibility index (Phi) is 4.26. The van der Waals surface area contributed by atoms with Crippen molar-refractivity contribution in [2.24, 2.45) is 11.3 Å². The van der Waals surface area contributed by atoms with Gasteiger partial charge in [0.15, 0.2) is 0 Å². The molecule has 1 N–H and O–H groups in total. The molecule has 0 amide bonds. The molecule has 8 heteroatoms. The molecule has 3 rings (SSSR count). The number of sulfonamides is 1. The number of methoxy groups -OCH3 is 1. The second kappa shape index (κ2) is 5.78. The third-order valence-corrected chi connectivity index (χ3v) is 8.08. The number of fused-ring (bicyclic) bond motifs is 2. The van der Waals surface area contributed by atoms with Gasteiger partial charge in [-0.3, -0.25) is 4.79 Å². The normalized spacial score (nSPS) is 31.2. The number of hydrogen-bond acceptors (Lipinski definition) is 5. The van der Waals surface area contributed by atoms with E-state index in [4.69, 9.17) is 16.3 Å². The second-order valence-corrected chi connectivity index (χ2v) is 9.65. The van der Waals surface area contributed by atoms with Gasteiger partial charge in [-0.15, -0.1) is 11.3 Å². The first-order chi connectivity index (χ1) is 10.4. The summed E-state index contributed by atoms with van der Waals surface area (Å²) in [6, 6.07) is 2.66. The van der Waals surface area contributed by atoms with E-state index in [1.807, 2.05) is 0 Å². The van der Waals surface area contributed by atoms with Crippen molar-refractivity contribution in [3.8, 4) is 0 Å². The number of ether oxygens (including phenoxy) is 1. The molecular weight excluding hydrogens is 346 g/mol. The quantitative estimate of drug-likeness (QED) is 0.835. The molecule has 0 saturated heterocycles. The van der Waals surface area contributed by atoms with Crippen LogP contribution in [0.1, 0.15) is 32.1 Å². The van der Waals surface area contributed by atoms with Crippen LogP contribution in [0.4, 0.5) is 0 Å². The van der Waals surface area contributed by atoms with Crippen molar-refractivity contribution in [1.29, 1.82) is 0 Å². The lowest BCUT2D eigenvalue weighted by Crippen LogP contribution is -2.53. The van der Waals surface area contributed by atoms with Gasteiger partial charge in [0.1, 0.15) is 4.21 Å². The molecule has 0 spiro atoms. The highest BCUT2D eigenvalue weighted by Gasteiger charge is 2.57. The summed E-state index contributed by atoms with van der Waals surface area (Å²) in [5, 5.41) is 0. The topological polar surface area (TPSA) is 72.5 Å². The molecule has 1 aromatic heterocycles. The van der Waals surface area contributed by atoms with Crippen LogP contribution < -0.4 is 4.72 Å². The van der Waals surface area contributed by atoms with Gasteiger partial charge >= 0.3 is 5.97 Å².